The minimum atomic E-state index is -0.435. The molecule has 9 heteroatoms. The van der Waals surface area contributed by atoms with E-state index in [1.807, 2.05) is 54.6 Å². The maximum atomic E-state index is 12.3. The van der Waals surface area contributed by atoms with Gasteiger partial charge in [-0.15, -0.1) is 0 Å². The van der Waals surface area contributed by atoms with Crippen molar-refractivity contribution in [3.63, 3.8) is 0 Å². The molecule has 0 saturated heterocycles. The van der Waals surface area contributed by atoms with Crippen molar-refractivity contribution < 1.29 is 27.0 Å². The van der Waals surface area contributed by atoms with Gasteiger partial charge in [0.1, 0.15) is 18.1 Å². The van der Waals surface area contributed by atoms with Crippen LogP contribution in [0.4, 0.5) is 0 Å². The topological polar surface area (TPSA) is 101 Å². The molecule has 1 aliphatic heterocycles. The second kappa shape index (κ2) is 11.2. The molecular formula is C28H28ClN3O5. The lowest BCUT2D eigenvalue weighted by Gasteiger charge is -2.12. The van der Waals surface area contributed by atoms with E-state index in [2.05, 4.69) is 15.8 Å². The molecule has 1 aliphatic rings. The maximum Gasteiger partial charge on any atom is 0.271 e. The zero-order chi connectivity index (χ0) is 25.6. The predicted molar refractivity (Wildman–Crippen MR) is 146 cm³/mol. The number of carbonyl (C=O) groups excluding carboxylic acids is 1. The first kappa shape index (κ1) is 24.4. The highest BCUT2D eigenvalue weighted by molar-refractivity contribution is 6.32. The van der Waals surface area contributed by atoms with Crippen molar-refractivity contribution in [2.24, 2.45) is 5.10 Å². The maximum absolute atomic E-state index is 12.3. The number of carbonyl (C=O) groups is 1. The lowest BCUT2D eigenvalue weighted by Crippen LogP contribution is -2.20. The Morgan fingerprint density at radius 1 is 1.05 bits per heavy atom. The van der Waals surface area contributed by atoms with Gasteiger partial charge in [-0.2, -0.15) is 5.10 Å². The second-order valence-electron chi connectivity index (χ2n) is 8.28. The van der Waals surface area contributed by atoms with Crippen molar-refractivity contribution in [3.05, 3.63) is 94.5 Å². The van der Waals surface area contributed by atoms with E-state index < -0.39 is 5.91 Å². The highest BCUT2D eigenvalue weighted by atomic mass is 35.5. The zero-order valence-electron chi connectivity index (χ0n) is 19.7. The van der Waals surface area contributed by atoms with Gasteiger partial charge in [-0.25, -0.2) is 5.43 Å². The second-order valence-corrected chi connectivity index (χ2v) is 8.68. The number of amides is 1. The van der Waals surface area contributed by atoms with Crippen LogP contribution >= 0.6 is 11.6 Å². The molecule has 0 atom stereocenters. The summed E-state index contributed by atoms with van der Waals surface area (Å²) in [5.41, 5.74) is 4.71. The summed E-state index contributed by atoms with van der Waals surface area (Å²) >= 11 is 5.88. The first-order chi connectivity index (χ1) is 18.1. The zero-order valence-corrected chi connectivity index (χ0v) is 20.5. The van der Waals surface area contributed by atoms with E-state index in [-0.39, 0.29) is 20.4 Å². The molecule has 4 aromatic carbocycles. The van der Waals surface area contributed by atoms with Crippen LogP contribution in [-0.2, 0) is 6.54 Å². The molecule has 192 valence electrons. The van der Waals surface area contributed by atoms with Crippen LogP contribution in [-0.4, -0.2) is 37.2 Å². The summed E-state index contributed by atoms with van der Waals surface area (Å²) in [5, 5.41) is 19.0. The molecule has 3 N–H and O–H groups in total. The van der Waals surface area contributed by atoms with E-state index >= 15 is 0 Å². The van der Waals surface area contributed by atoms with Gasteiger partial charge in [0.25, 0.3) is 5.91 Å². The molecule has 0 aromatic heterocycles. The SMILES string of the molecule is O=C(N/N=C/c1ccc(OCCNCc2ccc3c(c2)OCO3)c2ccccc12)c1ccc(O)c(Cl)c1.[HH].[HH]. The Bertz CT molecular complexity index is 1490. The molecule has 0 unspecified atom stereocenters. The number of phenolic OH excluding ortho intramolecular Hbond substituents is 1. The summed E-state index contributed by atoms with van der Waals surface area (Å²) in [4.78, 5) is 12.3. The van der Waals surface area contributed by atoms with Crippen LogP contribution < -0.4 is 25.0 Å². The van der Waals surface area contributed by atoms with Crippen molar-refractivity contribution >= 4 is 34.5 Å². The molecule has 8 nitrogen and oxygen atoms in total. The molecule has 0 radical (unpaired) electrons. The summed E-state index contributed by atoms with van der Waals surface area (Å²) in [6.45, 7) is 2.12. The normalized spacial score (nSPS) is 12.2. The number of fused-ring (bicyclic) bond motifs is 2. The molecular weight excluding hydrogens is 494 g/mol. The van der Waals surface area contributed by atoms with Crippen molar-refractivity contribution in [1.82, 2.24) is 10.7 Å². The van der Waals surface area contributed by atoms with Gasteiger partial charge in [0.05, 0.1) is 11.2 Å². The van der Waals surface area contributed by atoms with Crippen LogP contribution in [0.25, 0.3) is 10.8 Å². The van der Waals surface area contributed by atoms with Gasteiger partial charge in [0.15, 0.2) is 11.5 Å². The number of benzene rings is 4. The molecule has 0 spiro atoms. The first-order valence-corrected chi connectivity index (χ1v) is 12.0. The molecule has 0 fully saturated rings. The Morgan fingerprint density at radius 3 is 2.76 bits per heavy atom. The van der Waals surface area contributed by atoms with Gasteiger partial charge in [0, 0.05) is 32.5 Å². The quantitative estimate of drug-likeness (QED) is 0.156. The van der Waals surface area contributed by atoms with E-state index in [0.29, 0.717) is 25.3 Å². The number of rotatable bonds is 9. The van der Waals surface area contributed by atoms with E-state index in [4.69, 9.17) is 25.8 Å². The van der Waals surface area contributed by atoms with E-state index in [0.717, 1.165) is 39.1 Å². The van der Waals surface area contributed by atoms with E-state index in [9.17, 15) is 9.90 Å². The fourth-order valence-electron chi connectivity index (χ4n) is 3.92. The fraction of sp³-hybridized carbons (Fsp3) is 0.143. The average Bonchev–Trinajstić information content (AvgIpc) is 3.39. The summed E-state index contributed by atoms with van der Waals surface area (Å²) < 4.78 is 16.8. The Labute approximate surface area is 221 Å². The van der Waals surface area contributed by atoms with Crippen molar-refractivity contribution in [2.45, 2.75) is 6.54 Å². The number of phenols is 1. The van der Waals surface area contributed by atoms with Crippen LogP contribution in [0.5, 0.6) is 23.0 Å². The van der Waals surface area contributed by atoms with Crippen LogP contribution in [0.2, 0.25) is 5.02 Å². The molecule has 0 bridgehead atoms. The third-order valence-electron chi connectivity index (χ3n) is 5.80. The molecule has 4 aromatic rings. The molecule has 37 heavy (non-hydrogen) atoms. The Balaban J connectivity index is 0.00000210. The first-order valence-electron chi connectivity index (χ1n) is 11.6. The summed E-state index contributed by atoms with van der Waals surface area (Å²) in [5.74, 6) is 1.79. The number of ether oxygens (including phenoxy) is 3. The number of aromatic hydroxyl groups is 1. The predicted octanol–water partition coefficient (Wildman–Crippen LogP) is 5.35. The summed E-state index contributed by atoms with van der Waals surface area (Å²) in [7, 11) is 0. The monoisotopic (exact) mass is 521 g/mol. The van der Waals surface area contributed by atoms with Crippen LogP contribution in [0.3, 0.4) is 0 Å². The molecule has 1 amide bonds. The van der Waals surface area contributed by atoms with Crippen molar-refractivity contribution in [2.75, 3.05) is 19.9 Å². The highest BCUT2D eigenvalue weighted by Crippen LogP contribution is 2.32. The number of halogens is 1. The lowest BCUT2D eigenvalue weighted by atomic mass is 10.0. The minimum Gasteiger partial charge on any atom is -0.506 e. The van der Waals surface area contributed by atoms with Crippen molar-refractivity contribution in [1.29, 1.82) is 0 Å². The molecule has 0 saturated carbocycles. The van der Waals surface area contributed by atoms with Gasteiger partial charge in [-0.3, -0.25) is 4.79 Å². The van der Waals surface area contributed by atoms with Gasteiger partial charge in [-0.05, 0) is 53.4 Å². The third-order valence-corrected chi connectivity index (χ3v) is 6.10. The van der Waals surface area contributed by atoms with Crippen LogP contribution in [0, 0.1) is 0 Å². The lowest BCUT2D eigenvalue weighted by molar-refractivity contribution is 0.0955. The Hall–Kier alpha value is -4.27. The fourth-order valence-corrected chi connectivity index (χ4v) is 4.10. The van der Waals surface area contributed by atoms with Crippen LogP contribution in [0.15, 0.2) is 77.9 Å². The largest absolute Gasteiger partial charge is 0.506 e. The van der Waals surface area contributed by atoms with Crippen molar-refractivity contribution in [3.8, 4) is 23.0 Å². The van der Waals surface area contributed by atoms with Gasteiger partial charge >= 0.3 is 0 Å². The molecule has 5 rings (SSSR count). The number of hydrogen-bond donors (Lipinski definition) is 3. The van der Waals surface area contributed by atoms with E-state index in [1.165, 1.54) is 18.2 Å². The van der Waals surface area contributed by atoms with Crippen LogP contribution in [0.1, 0.15) is 24.3 Å². The highest BCUT2D eigenvalue weighted by Gasteiger charge is 2.13. The molecule has 1 heterocycles. The van der Waals surface area contributed by atoms with Gasteiger partial charge in [-0.1, -0.05) is 41.9 Å². The number of nitrogens with one attached hydrogen (secondary N) is 2. The summed E-state index contributed by atoms with van der Waals surface area (Å²) in [6.07, 6.45) is 1.58. The standard InChI is InChI=1S/C28H24ClN3O5.2H2/c29-23-14-19(6-8-24(23)33)28(34)32-31-16-20-7-10-25(22-4-2-1-3-21(20)22)35-12-11-30-15-18-5-9-26-27(13-18)37-17-36-26;;/h1-10,13-14,16,30,33H,11-12,15,17H2,(H,32,34);2*1H/b31-16+;;. The third kappa shape index (κ3) is 5.77. The van der Waals surface area contributed by atoms with E-state index in [1.54, 1.807) is 6.21 Å². The number of nitrogens with zero attached hydrogens (tertiary/aromatic N) is 1. The summed E-state index contributed by atoms with van der Waals surface area (Å²) in [6, 6.07) is 21.8. The van der Waals surface area contributed by atoms with Gasteiger partial charge in [0.2, 0.25) is 6.79 Å². The minimum absolute atomic E-state index is 0. The number of hydrazone groups is 1. The smallest absolute Gasteiger partial charge is 0.271 e. The Morgan fingerprint density at radius 2 is 1.89 bits per heavy atom. The average molecular weight is 522 g/mol. The molecule has 0 aliphatic carbocycles. The number of hydrogen-bond acceptors (Lipinski definition) is 7. The van der Waals surface area contributed by atoms with Gasteiger partial charge < -0.3 is 24.6 Å². The Kier molecular flexibility index (Phi) is 7.39.